The molecule has 0 unspecified atom stereocenters. The summed E-state index contributed by atoms with van der Waals surface area (Å²) in [5.41, 5.74) is -6.39. The van der Waals surface area contributed by atoms with E-state index in [4.69, 9.17) is 0 Å². The first-order chi connectivity index (χ1) is 22.1. The summed E-state index contributed by atoms with van der Waals surface area (Å²) >= 11 is 0. The van der Waals surface area contributed by atoms with Crippen LogP contribution >= 0.6 is 0 Å². The van der Waals surface area contributed by atoms with E-state index in [2.05, 4.69) is 0 Å². The average Bonchev–Trinajstić information content (AvgIpc) is 3.63. The summed E-state index contributed by atoms with van der Waals surface area (Å²) in [5.74, 6) is -3.02. The van der Waals surface area contributed by atoms with Gasteiger partial charge < -0.3 is 9.80 Å². The van der Waals surface area contributed by atoms with Crippen LogP contribution in [0, 0.1) is 23.6 Å². The topological polar surface area (TPSA) is 81.2 Å². The minimum Gasteiger partial charge on any atom is -0.321 e. The van der Waals surface area contributed by atoms with Crippen molar-refractivity contribution in [3.8, 4) is 0 Å². The van der Waals surface area contributed by atoms with Crippen LogP contribution in [0.2, 0.25) is 0 Å². The van der Waals surface area contributed by atoms with Gasteiger partial charge in [-0.3, -0.25) is 19.3 Å². The van der Waals surface area contributed by atoms with Gasteiger partial charge in [0, 0.05) is 13.6 Å². The van der Waals surface area contributed by atoms with Gasteiger partial charge in [-0.05, 0) is 101 Å². The second-order valence-electron chi connectivity index (χ2n) is 13.3. The molecule has 0 radical (unpaired) electrons. The maximum atomic E-state index is 14.3. The Labute approximate surface area is 272 Å². The van der Waals surface area contributed by atoms with Gasteiger partial charge in [0.1, 0.15) is 5.82 Å². The van der Waals surface area contributed by atoms with Crippen LogP contribution in [0.1, 0.15) is 73.5 Å². The lowest BCUT2D eigenvalue weighted by molar-refractivity contribution is -0.153. The van der Waals surface area contributed by atoms with Crippen LogP contribution in [-0.2, 0) is 26.7 Å². The maximum absolute atomic E-state index is 14.3. The van der Waals surface area contributed by atoms with Gasteiger partial charge in [0.15, 0.2) is 0 Å². The molecule has 3 heterocycles. The molecule has 5 amide bonds. The van der Waals surface area contributed by atoms with Gasteiger partial charge in [-0.25, -0.2) is 14.1 Å². The van der Waals surface area contributed by atoms with Gasteiger partial charge in [-0.15, -0.1) is 0 Å². The number of halogens is 7. The van der Waals surface area contributed by atoms with Crippen molar-refractivity contribution < 1.29 is 49.9 Å². The first-order valence-corrected chi connectivity index (χ1v) is 15.4. The predicted molar refractivity (Wildman–Crippen MR) is 157 cm³/mol. The Hall–Kier alpha value is -4.01. The summed E-state index contributed by atoms with van der Waals surface area (Å²) in [6.45, 7) is 6.34. The number of amides is 5. The Morgan fingerprint density at radius 2 is 1.50 bits per heavy atom. The molecule has 0 aromatic heterocycles. The third kappa shape index (κ3) is 5.63. The van der Waals surface area contributed by atoms with Gasteiger partial charge in [0.25, 0.3) is 0 Å². The van der Waals surface area contributed by atoms with E-state index < -0.39 is 88.1 Å². The van der Waals surface area contributed by atoms with Gasteiger partial charge in [-0.1, -0.05) is 6.07 Å². The SMILES string of the molecule is Cc1cc(F)ccc1[C@@H]1N(C(=O)N(C)[C@H](C)c2cc(C(F)(F)F)cc(C(F)(F)F)c2)C[C@@]2(C)C(=O)N(C(=O)CN3CCCC3)C(=O)[C@@]12C. The monoisotopic (exact) mass is 684 g/mol. The third-order valence-electron chi connectivity index (χ3n) is 10.4. The van der Waals surface area contributed by atoms with E-state index in [9.17, 15) is 49.9 Å². The van der Waals surface area contributed by atoms with Crippen LogP contribution in [0.25, 0.3) is 0 Å². The van der Waals surface area contributed by atoms with Gasteiger partial charge >= 0.3 is 18.4 Å². The molecule has 0 aliphatic carbocycles. The van der Waals surface area contributed by atoms with Crippen molar-refractivity contribution in [3.63, 3.8) is 0 Å². The lowest BCUT2D eigenvalue weighted by Gasteiger charge is -2.38. The fraction of sp³-hybridized carbons (Fsp3) is 0.515. The number of aryl methyl sites for hydroxylation is 1. The molecule has 2 aromatic rings. The zero-order valence-electron chi connectivity index (χ0n) is 26.9. The number of hydrogen-bond acceptors (Lipinski definition) is 5. The van der Waals surface area contributed by atoms with Crippen LogP contribution in [0.15, 0.2) is 36.4 Å². The molecule has 15 heteroatoms. The summed E-state index contributed by atoms with van der Waals surface area (Å²) in [6.07, 6.45) is -8.51. The van der Waals surface area contributed by atoms with Crippen LogP contribution in [0.4, 0.5) is 35.5 Å². The number of benzene rings is 2. The molecule has 3 aliphatic heterocycles. The van der Waals surface area contributed by atoms with Crippen molar-refractivity contribution in [1.29, 1.82) is 0 Å². The highest BCUT2D eigenvalue weighted by atomic mass is 19.4. The van der Waals surface area contributed by atoms with Crippen LogP contribution in [-0.4, -0.2) is 76.6 Å². The second-order valence-corrected chi connectivity index (χ2v) is 13.3. The molecular weight excluding hydrogens is 649 g/mol. The third-order valence-corrected chi connectivity index (χ3v) is 10.4. The summed E-state index contributed by atoms with van der Waals surface area (Å²) in [4.78, 5) is 60.6. The number of fused-ring (bicyclic) bond motifs is 1. The first kappa shape index (κ1) is 35.3. The van der Waals surface area contributed by atoms with Gasteiger partial charge in [0.2, 0.25) is 17.7 Å². The molecule has 3 fully saturated rings. The summed E-state index contributed by atoms with van der Waals surface area (Å²) in [5, 5.41) is 0. The number of urea groups is 1. The van der Waals surface area contributed by atoms with Crippen molar-refractivity contribution >= 4 is 23.8 Å². The normalized spacial score (nSPS) is 25.5. The van der Waals surface area contributed by atoms with E-state index in [1.165, 1.54) is 46.9 Å². The highest BCUT2D eigenvalue weighted by Crippen LogP contribution is 2.63. The Kier molecular flexibility index (Phi) is 8.71. The number of hydrogen-bond donors (Lipinski definition) is 0. The lowest BCUT2D eigenvalue weighted by atomic mass is 9.65. The molecule has 260 valence electrons. The quantitative estimate of drug-likeness (QED) is 0.271. The Morgan fingerprint density at radius 1 is 0.938 bits per heavy atom. The number of likely N-dealkylation sites (tertiary alicyclic amines) is 3. The molecule has 3 saturated heterocycles. The number of imide groups is 3. The van der Waals surface area contributed by atoms with Crippen molar-refractivity contribution in [1.82, 2.24) is 19.6 Å². The zero-order chi connectivity index (χ0) is 35.7. The maximum Gasteiger partial charge on any atom is 0.416 e. The second kappa shape index (κ2) is 11.8. The Balaban J connectivity index is 1.56. The van der Waals surface area contributed by atoms with Crippen LogP contribution in [0.5, 0.6) is 0 Å². The van der Waals surface area contributed by atoms with Gasteiger partial charge in [-0.2, -0.15) is 26.3 Å². The minimum atomic E-state index is -5.11. The first-order valence-electron chi connectivity index (χ1n) is 15.4. The fourth-order valence-corrected chi connectivity index (χ4v) is 7.27. The number of alkyl halides is 6. The van der Waals surface area contributed by atoms with Crippen LogP contribution < -0.4 is 0 Å². The molecule has 5 rings (SSSR count). The highest BCUT2D eigenvalue weighted by molar-refractivity contribution is 6.21. The van der Waals surface area contributed by atoms with E-state index >= 15 is 0 Å². The molecule has 48 heavy (non-hydrogen) atoms. The van der Waals surface area contributed by atoms with E-state index in [0.717, 1.165) is 28.7 Å². The molecule has 8 nitrogen and oxygen atoms in total. The summed E-state index contributed by atoms with van der Waals surface area (Å²) < 4.78 is 96.0. The summed E-state index contributed by atoms with van der Waals surface area (Å²) in [7, 11) is 1.18. The zero-order valence-corrected chi connectivity index (χ0v) is 26.9. The van der Waals surface area contributed by atoms with Crippen molar-refractivity contribution in [2.75, 3.05) is 33.2 Å². The molecule has 3 aliphatic rings. The standard InChI is InChI=1S/C33H35F7N4O4/c1-18-12-23(34)8-9-24(18)26-31(4)28(47)44(25(45)16-42-10-6-7-11-42)27(46)30(31,3)17-43(26)29(48)41(5)19(2)20-13-21(32(35,36)37)15-22(14-20)33(38,39)40/h8-9,12-15,19,26H,6-7,10-11,16-17H2,1-5H3/t19-,26+,30+,31-/m1/s1. The lowest BCUT2D eigenvalue weighted by Crippen LogP contribution is -2.49. The Morgan fingerprint density at radius 3 is 2.02 bits per heavy atom. The molecule has 0 saturated carbocycles. The molecular formula is C33H35F7N4O4. The summed E-state index contributed by atoms with van der Waals surface area (Å²) in [6, 6.07) is 1.16. The molecule has 0 N–H and O–H groups in total. The average molecular weight is 685 g/mol. The van der Waals surface area contributed by atoms with E-state index in [1.54, 1.807) is 0 Å². The number of nitrogens with zero attached hydrogens (tertiary/aromatic N) is 4. The molecule has 4 atom stereocenters. The van der Waals surface area contributed by atoms with Crippen molar-refractivity contribution in [2.24, 2.45) is 10.8 Å². The van der Waals surface area contributed by atoms with Crippen molar-refractivity contribution in [2.45, 2.75) is 65.0 Å². The van der Waals surface area contributed by atoms with E-state index in [0.29, 0.717) is 35.7 Å². The minimum absolute atomic E-state index is 0.0112. The van der Waals surface area contributed by atoms with E-state index in [-0.39, 0.29) is 18.2 Å². The molecule has 0 spiro atoms. The fourth-order valence-electron chi connectivity index (χ4n) is 7.27. The number of carbonyl (C=O) groups is 4. The number of rotatable bonds is 5. The smallest absolute Gasteiger partial charge is 0.321 e. The largest absolute Gasteiger partial charge is 0.416 e. The highest BCUT2D eigenvalue weighted by Gasteiger charge is 2.75. The van der Waals surface area contributed by atoms with E-state index in [1.807, 2.05) is 4.90 Å². The van der Waals surface area contributed by atoms with Gasteiger partial charge in [0.05, 0.1) is 40.6 Å². The predicted octanol–water partition coefficient (Wildman–Crippen LogP) is 6.35. The van der Waals surface area contributed by atoms with Crippen molar-refractivity contribution in [3.05, 3.63) is 70.0 Å². The number of carbonyl (C=O) groups excluding carboxylic acids is 4. The molecule has 2 aromatic carbocycles. The molecule has 0 bridgehead atoms. The Bertz CT molecular complexity index is 1640. The van der Waals surface area contributed by atoms with Crippen LogP contribution in [0.3, 0.4) is 0 Å².